The molecule has 0 radical (unpaired) electrons. The molecule has 5 rings (SSSR count). The molecule has 1 saturated carbocycles. The number of fused-ring (bicyclic) bond motifs is 1. The van der Waals surface area contributed by atoms with Crippen molar-refractivity contribution in [3.05, 3.63) is 89.2 Å². The number of rotatable bonds is 5. The maximum Gasteiger partial charge on any atom is 0.336 e. The van der Waals surface area contributed by atoms with Gasteiger partial charge in [0, 0.05) is 23.8 Å². The van der Waals surface area contributed by atoms with Gasteiger partial charge in [-0.05, 0) is 66.1 Å². The van der Waals surface area contributed by atoms with Crippen LogP contribution in [0.25, 0.3) is 22.2 Å². The maximum atomic E-state index is 11.5. The Morgan fingerprint density at radius 2 is 1.86 bits per heavy atom. The van der Waals surface area contributed by atoms with Gasteiger partial charge in [-0.2, -0.15) is 0 Å². The van der Waals surface area contributed by atoms with Crippen molar-refractivity contribution < 1.29 is 9.90 Å². The summed E-state index contributed by atoms with van der Waals surface area (Å²) >= 11 is 0. The van der Waals surface area contributed by atoms with Crippen molar-refractivity contribution in [1.82, 2.24) is 9.55 Å². The van der Waals surface area contributed by atoms with E-state index in [2.05, 4.69) is 40.7 Å². The highest BCUT2D eigenvalue weighted by atomic mass is 16.4. The fraction of sp³-hybridized carbons (Fsp3) is 0.200. The van der Waals surface area contributed by atoms with Gasteiger partial charge < -0.3 is 9.67 Å². The third-order valence-corrected chi connectivity index (χ3v) is 5.81. The second-order valence-corrected chi connectivity index (χ2v) is 7.84. The molecule has 2 aromatic carbocycles. The minimum Gasteiger partial charge on any atom is -0.478 e. The van der Waals surface area contributed by atoms with E-state index in [0.29, 0.717) is 11.5 Å². The lowest BCUT2D eigenvalue weighted by molar-refractivity contribution is 0.0697. The van der Waals surface area contributed by atoms with Crippen LogP contribution in [0.15, 0.2) is 66.9 Å². The molecule has 2 aromatic heterocycles. The molecular formula is C25H22N2O2. The summed E-state index contributed by atoms with van der Waals surface area (Å²) in [7, 11) is 0. The Balaban J connectivity index is 1.51. The van der Waals surface area contributed by atoms with Gasteiger partial charge in [0.1, 0.15) is 5.65 Å². The molecule has 0 spiro atoms. The summed E-state index contributed by atoms with van der Waals surface area (Å²) in [5, 5.41) is 10.7. The van der Waals surface area contributed by atoms with Crippen molar-refractivity contribution in [3.8, 4) is 11.1 Å². The van der Waals surface area contributed by atoms with Crippen molar-refractivity contribution in [3.63, 3.8) is 0 Å². The minimum absolute atomic E-state index is 0.326. The van der Waals surface area contributed by atoms with Crippen LogP contribution < -0.4 is 0 Å². The Kier molecular flexibility index (Phi) is 4.20. The average Bonchev–Trinajstić information content (AvgIpc) is 3.51. The third kappa shape index (κ3) is 3.21. The molecule has 0 atom stereocenters. The summed E-state index contributed by atoms with van der Waals surface area (Å²) in [5.74, 6) is -0.260. The van der Waals surface area contributed by atoms with E-state index in [0.717, 1.165) is 23.3 Å². The van der Waals surface area contributed by atoms with Gasteiger partial charge in [0.15, 0.2) is 0 Å². The first kappa shape index (κ1) is 17.7. The Morgan fingerprint density at radius 1 is 1.10 bits per heavy atom. The Morgan fingerprint density at radius 3 is 2.59 bits per heavy atom. The van der Waals surface area contributed by atoms with Crippen LogP contribution in [0.3, 0.4) is 0 Å². The van der Waals surface area contributed by atoms with Crippen LogP contribution in [0.2, 0.25) is 0 Å². The number of nitrogens with zero attached hydrogens (tertiary/aromatic N) is 2. The second-order valence-electron chi connectivity index (χ2n) is 7.84. The Hall–Kier alpha value is -3.40. The lowest BCUT2D eigenvalue weighted by Crippen LogP contribution is -2.04. The van der Waals surface area contributed by atoms with Crippen molar-refractivity contribution in [2.45, 2.75) is 32.2 Å². The van der Waals surface area contributed by atoms with Crippen molar-refractivity contribution in [2.24, 2.45) is 0 Å². The Bertz CT molecular complexity index is 1220. The second kappa shape index (κ2) is 6.89. The van der Waals surface area contributed by atoms with Crippen molar-refractivity contribution in [2.75, 3.05) is 0 Å². The number of aryl methyl sites for hydroxylation is 1. The first-order chi connectivity index (χ1) is 14.1. The topological polar surface area (TPSA) is 55.1 Å². The lowest BCUT2D eigenvalue weighted by atomic mass is 9.99. The molecule has 2 heterocycles. The zero-order valence-corrected chi connectivity index (χ0v) is 16.3. The average molecular weight is 382 g/mol. The van der Waals surface area contributed by atoms with Gasteiger partial charge >= 0.3 is 5.97 Å². The van der Waals surface area contributed by atoms with E-state index in [1.165, 1.54) is 35.0 Å². The summed E-state index contributed by atoms with van der Waals surface area (Å²) < 4.78 is 2.35. The maximum absolute atomic E-state index is 11.5. The van der Waals surface area contributed by atoms with E-state index in [1.54, 1.807) is 12.1 Å². The number of carboxylic acid groups (broad SMARTS) is 1. The van der Waals surface area contributed by atoms with Gasteiger partial charge in [0.05, 0.1) is 5.56 Å². The van der Waals surface area contributed by atoms with Gasteiger partial charge in [0.25, 0.3) is 0 Å². The first-order valence-corrected chi connectivity index (χ1v) is 9.98. The van der Waals surface area contributed by atoms with Crippen LogP contribution in [-0.4, -0.2) is 20.6 Å². The quantitative estimate of drug-likeness (QED) is 0.486. The molecule has 0 unspecified atom stereocenters. The van der Waals surface area contributed by atoms with Gasteiger partial charge in [-0.15, -0.1) is 0 Å². The van der Waals surface area contributed by atoms with Gasteiger partial charge in [-0.25, -0.2) is 9.78 Å². The van der Waals surface area contributed by atoms with Crippen LogP contribution in [0, 0.1) is 6.92 Å². The molecular weight excluding hydrogens is 360 g/mol. The summed E-state index contributed by atoms with van der Waals surface area (Å²) in [5.41, 5.74) is 6.86. The monoisotopic (exact) mass is 382 g/mol. The molecule has 4 nitrogen and oxygen atoms in total. The molecule has 0 saturated heterocycles. The van der Waals surface area contributed by atoms with E-state index in [-0.39, 0.29) is 0 Å². The summed E-state index contributed by atoms with van der Waals surface area (Å²) in [4.78, 5) is 16.2. The summed E-state index contributed by atoms with van der Waals surface area (Å²) in [6.45, 7) is 2.91. The zero-order valence-electron chi connectivity index (χ0n) is 16.3. The summed E-state index contributed by atoms with van der Waals surface area (Å²) in [6.07, 6.45) is 4.39. The molecule has 1 aliphatic carbocycles. The van der Waals surface area contributed by atoms with Crippen molar-refractivity contribution >= 4 is 17.0 Å². The number of carbonyl (C=O) groups is 1. The standard InChI is InChI=1S/C25H22N2O2/c1-16-12-13-26-24-22(16)14-23(19-10-11-19)27(24)15-17-6-8-18(9-7-17)20-4-2-3-5-21(20)25(28)29/h2-9,12-14,19H,10-11,15H2,1H3,(H,28,29). The molecule has 0 aliphatic heterocycles. The summed E-state index contributed by atoms with van der Waals surface area (Å²) in [6, 6.07) is 19.7. The predicted octanol–water partition coefficient (Wildman–Crippen LogP) is 5.64. The highest BCUT2D eigenvalue weighted by Crippen LogP contribution is 2.42. The molecule has 0 amide bonds. The van der Waals surface area contributed by atoms with E-state index in [1.807, 2.05) is 30.5 Å². The van der Waals surface area contributed by atoms with E-state index < -0.39 is 5.97 Å². The third-order valence-electron chi connectivity index (χ3n) is 5.81. The van der Waals surface area contributed by atoms with E-state index in [9.17, 15) is 9.90 Å². The molecule has 144 valence electrons. The highest BCUT2D eigenvalue weighted by molar-refractivity contribution is 5.96. The number of aromatic carboxylic acids is 1. The number of benzene rings is 2. The fourth-order valence-electron chi connectivity index (χ4n) is 4.07. The van der Waals surface area contributed by atoms with Crippen LogP contribution in [0.4, 0.5) is 0 Å². The molecule has 4 heteroatoms. The molecule has 29 heavy (non-hydrogen) atoms. The molecule has 1 fully saturated rings. The first-order valence-electron chi connectivity index (χ1n) is 9.98. The molecule has 4 aromatic rings. The van der Waals surface area contributed by atoms with E-state index >= 15 is 0 Å². The van der Waals surface area contributed by atoms with E-state index in [4.69, 9.17) is 0 Å². The SMILES string of the molecule is Cc1ccnc2c1cc(C1CC1)n2Cc1ccc(-c2ccccc2C(=O)O)cc1. The van der Waals surface area contributed by atoms with Crippen LogP contribution >= 0.6 is 0 Å². The zero-order chi connectivity index (χ0) is 20.0. The van der Waals surface area contributed by atoms with Crippen molar-refractivity contribution in [1.29, 1.82) is 0 Å². The van der Waals surface area contributed by atoms with Gasteiger partial charge in [-0.3, -0.25) is 0 Å². The highest BCUT2D eigenvalue weighted by Gasteiger charge is 2.28. The number of aromatic nitrogens is 2. The number of hydrogen-bond donors (Lipinski definition) is 1. The van der Waals surface area contributed by atoms with Crippen LogP contribution in [0.5, 0.6) is 0 Å². The minimum atomic E-state index is -0.904. The van der Waals surface area contributed by atoms with Crippen LogP contribution in [0.1, 0.15) is 45.9 Å². The molecule has 1 aliphatic rings. The number of carboxylic acids is 1. The smallest absolute Gasteiger partial charge is 0.336 e. The van der Waals surface area contributed by atoms with Crippen LogP contribution in [-0.2, 0) is 6.54 Å². The Labute approximate surface area is 169 Å². The molecule has 0 bridgehead atoms. The number of hydrogen-bond acceptors (Lipinski definition) is 2. The predicted molar refractivity (Wildman–Crippen MR) is 114 cm³/mol. The largest absolute Gasteiger partial charge is 0.478 e. The molecule has 1 N–H and O–H groups in total. The number of pyridine rings is 1. The fourth-order valence-corrected chi connectivity index (χ4v) is 4.07. The normalized spacial score (nSPS) is 13.7. The van der Waals surface area contributed by atoms with Gasteiger partial charge in [0.2, 0.25) is 0 Å². The lowest BCUT2D eigenvalue weighted by Gasteiger charge is -2.11. The van der Waals surface area contributed by atoms with Gasteiger partial charge in [-0.1, -0.05) is 42.5 Å².